The van der Waals surface area contributed by atoms with Gasteiger partial charge in [-0.15, -0.1) is 23.1 Å². The molecule has 1 unspecified atom stereocenters. The van der Waals surface area contributed by atoms with Crippen molar-refractivity contribution < 1.29 is 9.21 Å². The fourth-order valence-corrected chi connectivity index (χ4v) is 4.88. The van der Waals surface area contributed by atoms with Crippen LogP contribution in [0.25, 0.3) is 21.5 Å². The minimum absolute atomic E-state index is 0.0622. The molecule has 1 N–H and O–H groups in total. The van der Waals surface area contributed by atoms with Crippen LogP contribution < -0.4 is 5.56 Å². The van der Waals surface area contributed by atoms with Crippen LogP contribution in [0.5, 0.6) is 0 Å². The smallest absolute Gasteiger partial charge is 0.260 e. The molecule has 4 heterocycles. The Morgan fingerprint density at radius 3 is 3.00 bits per heavy atom. The molecule has 1 amide bonds. The largest absolute Gasteiger partial charge is 0.464 e. The first-order chi connectivity index (χ1) is 12.6. The molecule has 0 bridgehead atoms. The fourth-order valence-electron chi connectivity index (χ4n) is 3.10. The van der Waals surface area contributed by atoms with Crippen molar-refractivity contribution >= 4 is 39.2 Å². The Morgan fingerprint density at radius 1 is 1.46 bits per heavy atom. The van der Waals surface area contributed by atoms with Crippen LogP contribution in [-0.2, 0) is 4.79 Å². The number of furan rings is 1. The molecule has 0 aromatic carbocycles. The third kappa shape index (κ3) is 3.31. The first-order valence-corrected chi connectivity index (χ1v) is 10.5. The second kappa shape index (κ2) is 7.28. The Balaban J connectivity index is 1.53. The van der Waals surface area contributed by atoms with E-state index in [0.29, 0.717) is 27.6 Å². The van der Waals surface area contributed by atoms with Gasteiger partial charge in [-0.1, -0.05) is 0 Å². The van der Waals surface area contributed by atoms with Crippen molar-refractivity contribution in [2.75, 3.05) is 18.8 Å². The molecule has 0 radical (unpaired) electrons. The molecular weight excluding hydrogens is 370 g/mol. The summed E-state index contributed by atoms with van der Waals surface area (Å²) in [4.78, 5) is 34.9. The summed E-state index contributed by atoms with van der Waals surface area (Å²) in [7, 11) is 0. The van der Waals surface area contributed by atoms with E-state index in [9.17, 15) is 9.59 Å². The summed E-state index contributed by atoms with van der Waals surface area (Å²) in [5.74, 6) is 1.84. The number of hydrogen-bond acceptors (Lipinski definition) is 6. The van der Waals surface area contributed by atoms with Crippen LogP contribution in [0.1, 0.15) is 30.8 Å². The van der Waals surface area contributed by atoms with Gasteiger partial charge in [0.15, 0.2) is 0 Å². The van der Waals surface area contributed by atoms with E-state index in [1.165, 1.54) is 23.1 Å². The maximum Gasteiger partial charge on any atom is 0.260 e. The van der Waals surface area contributed by atoms with Crippen LogP contribution >= 0.6 is 23.1 Å². The van der Waals surface area contributed by atoms with Crippen LogP contribution in [0, 0.1) is 0 Å². The molecule has 26 heavy (non-hydrogen) atoms. The molecule has 3 aromatic heterocycles. The van der Waals surface area contributed by atoms with E-state index in [1.807, 2.05) is 23.3 Å². The molecule has 1 aliphatic heterocycles. The number of thiophene rings is 1. The Labute approximate surface area is 158 Å². The standard InChI is InChI=1S/C18H19N3O3S2/c1-11(25-10-14(22)21-6-2-3-7-21)16-19-17(23)15-12(9-26-18(15)20-16)13-5-4-8-24-13/h4-5,8-9,11H,2-3,6-7,10H2,1H3,(H,19,20,23). The van der Waals surface area contributed by atoms with Crippen molar-refractivity contribution in [2.45, 2.75) is 25.0 Å². The van der Waals surface area contributed by atoms with Crippen molar-refractivity contribution in [1.29, 1.82) is 0 Å². The zero-order valence-corrected chi connectivity index (χ0v) is 16.0. The zero-order chi connectivity index (χ0) is 18.1. The maximum atomic E-state index is 12.6. The number of carbonyl (C=O) groups is 1. The van der Waals surface area contributed by atoms with Crippen molar-refractivity contribution in [3.05, 3.63) is 40.0 Å². The zero-order valence-electron chi connectivity index (χ0n) is 14.4. The van der Waals surface area contributed by atoms with Crippen molar-refractivity contribution in [2.24, 2.45) is 0 Å². The van der Waals surface area contributed by atoms with E-state index in [1.54, 1.807) is 12.3 Å². The number of aromatic nitrogens is 2. The highest BCUT2D eigenvalue weighted by molar-refractivity contribution is 8.00. The van der Waals surface area contributed by atoms with Crippen LogP contribution in [0.3, 0.4) is 0 Å². The van der Waals surface area contributed by atoms with E-state index in [2.05, 4.69) is 9.97 Å². The van der Waals surface area contributed by atoms with E-state index in [4.69, 9.17) is 4.42 Å². The lowest BCUT2D eigenvalue weighted by Crippen LogP contribution is -2.29. The summed E-state index contributed by atoms with van der Waals surface area (Å²) < 4.78 is 5.41. The molecule has 0 spiro atoms. The highest BCUT2D eigenvalue weighted by Crippen LogP contribution is 2.33. The highest BCUT2D eigenvalue weighted by Gasteiger charge is 2.21. The quantitative estimate of drug-likeness (QED) is 0.720. The summed E-state index contributed by atoms with van der Waals surface area (Å²) in [5.41, 5.74) is 0.593. The summed E-state index contributed by atoms with van der Waals surface area (Å²) in [6.07, 6.45) is 3.77. The van der Waals surface area contributed by atoms with Crippen LogP contribution in [0.4, 0.5) is 0 Å². The fraction of sp³-hybridized carbons (Fsp3) is 0.389. The number of likely N-dealkylation sites (tertiary alicyclic amines) is 1. The summed E-state index contributed by atoms with van der Waals surface area (Å²) >= 11 is 2.94. The van der Waals surface area contributed by atoms with E-state index < -0.39 is 0 Å². The van der Waals surface area contributed by atoms with Crippen LogP contribution in [-0.4, -0.2) is 39.6 Å². The minimum atomic E-state index is -0.170. The number of nitrogens with zero attached hydrogens (tertiary/aromatic N) is 2. The van der Waals surface area contributed by atoms with E-state index >= 15 is 0 Å². The number of nitrogens with one attached hydrogen (secondary N) is 1. The monoisotopic (exact) mass is 389 g/mol. The molecule has 1 fully saturated rings. The number of aromatic amines is 1. The van der Waals surface area contributed by atoms with Crippen molar-refractivity contribution in [1.82, 2.24) is 14.9 Å². The van der Waals surface area contributed by atoms with Gasteiger partial charge in [0.05, 0.1) is 22.7 Å². The lowest BCUT2D eigenvalue weighted by Gasteiger charge is -2.16. The third-order valence-electron chi connectivity index (χ3n) is 4.55. The van der Waals surface area contributed by atoms with Crippen LogP contribution in [0.2, 0.25) is 0 Å². The topological polar surface area (TPSA) is 79.2 Å². The predicted octanol–water partition coefficient (Wildman–Crippen LogP) is 3.66. The van der Waals surface area contributed by atoms with Gasteiger partial charge in [-0.3, -0.25) is 9.59 Å². The van der Waals surface area contributed by atoms with E-state index in [0.717, 1.165) is 31.5 Å². The number of fused-ring (bicyclic) bond motifs is 1. The average molecular weight is 390 g/mol. The minimum Gasteiger partial charge on any atom is -0.464 e. The van der Waals surface area contributed by atoms with Gasteiger partial charge in [-0.05, 0) is 31.9 Å². The number of rotatable bonds is 5. The van der Waals surface area contributed by atoms with Gasteiger partial charge in [0.2, 0.25) is 5.91 Å². The highest BCUT2D eigenvalue weighted by atomic mass is 32.2. The molecule has 8 heteroatoms. The Morgan fingerprint density at radius 2 is 2.27 bits per heavy atom. The molecule has 3 aromatic rings. The number of amides is 1. The van der Waals surface area contributed by atoms with Crippen molar-refractivity contribution in [3.8, 4) is 11.3 Å². The lowest BCUT2D eigenvalue weighted by atomic mass is 10.2. The first kappa shape index (κ1) is 17.4. The Kier molecular flexibility index (Phi) is 4.86. The Hall–Kier alpha value is -2.06. The molecule has 6 nitrogen and oxygen atoms in total. The van der Waals surface area contributed by atoms with Gasteiger partial charge in [0, 0.05) is 24.0 Å². The van der Waals surface area contributed by atoms with Gasteiger partial charge in [0.1, 0.15) is 16.4 Å². The van der Waals surface area contributed by atoms with Gasteiger partial charge in [-0.25, -0.2) is 4.98 Å². The third-order valence-corrected chi connectivity index (χ3v) is 6.56. The average Bonchev–Trinajstić information content (AvgIpc) is 3.39. The van der Waals surface area contributed by atoms with Gasteiger partial charge in [0.25, 0.3) is 5.56 Å². The summed E-state index contributed by atoms with van der Waals surface area (Å²) in [6, 6.07) is 3.63. The van der Waals surface area contributed by atoms with Gasteiger partial charge in [-0.2, -0.15) is 0 Å². The second-order valence-corrected chi connectivity index (χ2v) is 8.49. The molecule has 1 aliphatic rings. The number of hydrogen-bond donors (Lipinski definition) is 1. The SMILES string of the molecule is CC(SCC(=O)N1CCCC1)c1nc2scc(-c3ccco3)c2c(=O)[nH]1. The lowest BCUT2D eigenvalue weighted by molar-refractivity contribution is -0.127. The van der Waals surface area contributed by atoms with Gasteiger partial charge >= 0.3 is 0 Å². The number of carbonyl (C=O) groups excluding carboxylic acids is 1. The van der Waals surface area contributed by atoms with Crippen molar-refractivity contribution in [3.63, 3.8) is 0 Å². The summed E-state index contributed by atoms with van der Waals surface area (Å²) in [6.45, 7) is 3.69. The molecule has 0 saturated carbocycles. The molecule has 1 saturated heterocycles. The molecule has 136 valence electrons. The number of thioether (sulfide) groups is 1. The second-order valence-electron chi connectivity index (χ2n) is 6.30. The molecular formula is C18H19N3O3S2. The molecule has 4 rings (SSSR count). The normalized spacial score (nSPS) is 15.7. The Bertz CT molecular complexity index is 971. The van der Waals surface area contributed by atoms with Crippen LogP contribution in [0.15, 0.2) is 33.0 Å². The van der Waals surface area contributed by atoms with Gasteiger partial charge < -0.3 is 14.3 Å². The predicted molar refractivity (Wildman–Crippen MR) is 105 cm³/mol. The van der Waals surface area contributed by atoms with E-state index in [-0.39, 0.29) is 16.7 Å². The summed E-state index contributed by atoms with van der Waals surface area (Å²) in [5, 5.41) is 2.39. The maximum absolute atomic E-state index is 12.6. The number of H-pyrrole nitrogens is 1. The first-order valence-electron chi connectivity index (χ1n) is 8.58. The molecule has 0 aliphatic carbocycles. The molecule has 1 atom stereocenters.